The van der Waals surface area contributed by atoms with E-state index in [1.807, 2.05) is 30.3 Å². The molecule has 2 aromatic rings. The molecule has 2 N–H and O–H groups in total. The number of hydrogen-bond donors (Lipinski definition) is 2. The van der Waals surface area contributed by atoms with Crippen molar-refractivity contribution < 1.29 is 9.59 Å². The van der Waals surface area contributed by atoms with Gasteiger partial charge in [-0.2, -0.15) is 0 Å². The van der Waals surface area contributed by atoms with Gasteiger partial charge in [-0.1, -0.05) is 72.8 Å². The van der Waals surface area contributed by atoms with Crippen LogP contribution in [0, 0.1) is 0 Å². The third kappa shape index (κ3) is 5.60. The van der Waals surface area contributed by atoms with E-state index in [1.54, 1.807) is 18.2 Å². The standard InChI is InChI=1S/C22H22Cl2N2O2/c23-16-11-12-18(19(24)14-16)21(27)26-20(13-15-7-3-1-4-8-15)22(28)25-17-9-5-2-6-10-17/h1,3-4,7-8,11-14,17H,2,5-6,9-10H2,(H,25,28)(H,26,27)/b20-13+. The van der Waals surface area contributed by atoms with Crippen LogP contribution in [0.5, 0.6) is 0 Å². The highest BCUT2D eigenvalue weighted by Crippen LogP contribution is 2.22. The maximum absolute atomic E-state index is 12.9. The molecule has 1 aliphatic carbocycles. The summed E-state index contributed by atoms with van der Waals surface area (Å²) in [6.45, 7) is 0. The Morgan fingerprint density at radius 1 is 0.964 bits per heavy atom. The number of carbonyl (C=O) groups is 2. The molecule has 0 radical (unpaired) electrons. The van der Waals surface area contributed by atoms with Crippen LogP contribution in [0.2, 0.25) is 10.0 Å². The summed E-state index contributed by atoms with van der Waals surface area (Å²) < 4.78 is 0. The first-order valence-corrected chi connectivity index (χ1v) is 10.1. The van der Waals surface area contributed by atoms with Gasteiger partial charge in [0.2, 0.25) is 0 Å². The van der Waals surface area contributed by atoms with E-state index >= 15 is 0 Å². The van der Waals surface area contributed by atoms with Crippen LogP contribution < -0.4 is 10.6 Å². The lowest BCUT2D eigenvalue weighted by Crippen LogP contribution is -2.41. The molecule has 0 atom stereocenters. The zero-order chi connectivity index (χ0) is 19.9. The second-order valence-corrected chi connectivity index (χ2v) is 7.70. The van der Waals surface area contributed by atoms with E-state index in [2.05, 4.69) is 10.6 Å². The molecule has 0 aliphatic heterocycles. The van der Waals surface area contributed by atoms with E-state index in [9.17, 15) is 9.59 Å². The van der Waals surface area contributed by atoms with E-state index in [1.165, 1.54) is 12.5 Å². The minimum absolute atomic E-state index is 0.136. The lowest BCUT2D eigenvalue weighted by molar-refractivity contribution is -0.118. The zero-order valence-corrected chi connectivity index (χ0v) is 16.9. The van der Waals surface area contributed by atoms with Crippen LogP contribution in [-0.4, -0.2) is 17.9 Å². The Labute approximate surface area is 174 Å². The molecule has 0 bridgehead atoms. The Kier molecular flexibility index (Phi) is 7.12. The first-order valence-electron chi connectivity index (χ1n) is 9.37. The monoisotopic (exact) mass is 416 g/mol. The van der Waals surface area contributed by atoms with Gasteiger partial charge < -0.3 is 10.6 Å². The predicted octanol–water partition coefficient (Wildman–Crippen LogP) is 5.21. The van der Waals surface area contributed by atoms with E-state index in [4.69, 9.17) is 23.2 Å². The van der Waals surface area contributed by atoms with Gasteiger partial charge in [0.1, 0.15) is 5.70 Å². The fraction of sp³-hybridized carbons (Fsp3) is 0.273. The maximum atomic E-state index is 12.9. The second-order valence-electron chi connectivity index (χ2n) is 6.86. The largest absolute Gasteiger partial charge is 0.348 e. The number of amides is 2. The highest BCUT2D eigenvalue weighted by atomic mass is 35.5. The summed E-state index contributed by atoms with van der Waals surface area (Å²) in [7, 11) is 0. The highest BCUT2D eigenvalue weighted by Gasteiger charge is 2.21. The Bertz CT molecular complexity index is 875. The smallest absolute Gasteiger partial charge is 0.268 e. The van der Waals surface area contributed by atoms with Gasteiger partial charge in [-0.05, 0) is 42.7 Å². The molecular weight excluding hydrogens is 395 g/mol. The van der Waals surface area contributed by atoms with Crippen molar-refractivity contribution in [3.8, 4) is 0 Å². The fourth-order valence-electron chi connectivity index (χ4n) is 3.25. The SMILES string of the molecule is O=C(NC1CCCCC1)/C(=C\c1ccccc1)NC(=O)c1ccc(Cl)cc1Cl. The molecule has 0 aromatic heterocycles. The molecule has 1 aliphatic rings. The quantitative estimate of drug-likeness (QED) is 0.656. The van der Waals surface area contributed by atoms with Crippen molar-refractivity contribution in [2.24, 2.45) is 0 Å². The molecule has 2 amide bonds. The molecular formula is C22H22Cl2N2O2. The molecule has 0 spiro atoms. The third-order valence-corrected chi connectivity index (χ3v) is 5.27. The molecule has 0 unspecified atom stereocenters. The van der Waals surface area contributed by atoms with Crippen molar-refractivity contribution in [1.82, 2.24) is 10.6 Å². The van der Waals surface area contributed by atoms with Gasteiger partial charge in [-0.25, -0.2) is 0 Å². The lowest BCUT2D eigenvalue weighted by Gasteiger charge is -2.23. The van der Waals surface area contributed by atoms with Crippen molar-refractivity contribution in [2.75, 3.05) is 0 Å². The average Bonchev–Trinajstić information content (AvgIpc) is 2.69. The number of halogens is 2. The summed E-state index contributed by atoms with van der Waals surface area (Å²) >= 11 is 12.0. The van der Waals surface area contributed by atoms with Crippen molar-refractivity contribution in [2.45, 2.75) is 38.1 Å². The molecule has 28 heavy (non-hydrogen) atoms. The van der Waals surface area contributed by atoms with Crippen LogP contribution in [0.15, 0.2) is 54.2 Å². The van der Waals surface area contributed by atoms with Crippen LogP contribution in [0.1, 0.15) is 48.0 Å². The Morgan fingerprint density at radius 2 is 1.68 bits per heavy atom. The van der Waals surface area contributed by atoms with Crippen LogP contribution in [0.3, 0.4) is 0 Å². The molecule has 1 saturated carbocycles. The normalized spacial score (nSPS) is 15.1. The summed E-state index contributed by atoms with van der Waals surface area (Å²) in [4.78, 5) is 25.6. The minimum Gasteiger partial charge on any atom is -0.348 e. The second kappa shape index (κ2) is 9.76. The predicted molar refractivity (Wildman–Crippen MR) is 113 cm³/mol. The third-order valence-electron chi connectivity index (χ3n) is 4.72. The van der Waals surface area contributed by atoms with Crippen molar-refractivity contribution in [3.63, 3.8) is 0 Å². The summed E-state index contributed by atoms with van der Waals surface area (Å²) in [6.07, 6.45) is 7.00. The first-order chi connectivity index (χ1) is 13.5. The number of rotatable bonds is 5. The molecule has 6 heteroatoms. The minimum atomic E-state index is -0.456. The van der Waals surface area contributed by atoms with Gasteiger partial charge in [0.15, 0.2) is 0 Å². The number of hydrogen-bond acceptors (Lipinski definition) is 2. The summed E-state index contributed by atoms with van der Waals surface area (Å²) in [5.41, 5.74) is 1.27. The first kappa shape index (κ1) is 20.4. The van der Waals surface area contributed by atoms with Crippen molar-refractivity contribution >= 4 is 41.1 Å². The van der Waals surface area contributed by atoms with E-state index in [-0.39, 0.29) is 28.2 Å². The lowest BCUT2D eigenvalue weighted by atomic mass is 9.95. The van der Waals surface area contributed by atoms with Gasteiger partial charge in [-0.15, -0.1) is 0 Å². The Morgan fingerprint density at radius 3 is 2.36 bits per heavy atom. The van der Waals surface area contributed by atoms with Crippen LogP contribution in [0.4, 0.5) is 0 Å². The maximum Gasteiger partial charge on any atom is 0.268 e. The number of nitrogens with one attached hydrogen (secondary N) is 2. The van der Waals surface area contributed by atoms with Gasteiger partial charge in [-0.3, -0.25) is 9.59 Å². The summed E-state index contributed by atoms with van der Waals surface area (Å²) in [5.74, 6) is -0.753. The molecule has 146 valence electrons. The topological polar surface area (TPSA) is 58.2 Å². The summed E-state index contributed by atoms with van der Waals surface area (Å²) in [6, 6.07) is 14.2. The number of benzene rings is 2. The van der Waals surface area contributed by atoms with Crippen molar-refractivity contribution in [3.05, 3.63) is 75.4 Å². The van der Waals surface area contributed by atoms with Crippen LogP contribution >= 0.6 is 23.2 Å². The molecule has 4 nitrogen and oxygen atoms in total. The highest BCUT2D eigenvalue weighted by molar-refractivity contribution is 6.36. The Hall–Kier alpha value is -2.30. The molecule has 0 heterocycles. The van der Waals surface area contributed by atoms with Crippen LogP contribution in [-0.2, 0) is 4.79 Å². The van der Waals surface area contributed by atoms with Gasteiger partial charge in [0, 0.05) is 11.1 Å². The molecule has 1 fully saturated rings. The average molecular weight is 417 g/mol. The Balaban J connectivity index is 1.82. The van der Waals surface area contributed by atoms with Gasteiger partial charge >= 0.3 is 0 Å². The number of carbonyl (C=O) groups excluding carboxylic acids is 2. The zero-order valence-electron chi connectivity index (χ0n) is 15.4. The van der Waals surface area contributed by atoms with E-state index in [0.717, 1.165) is 31.2 Å². The molecule has 2 aromatic carbocycles. The fourth-order valence-corrected chi connectivity index (χ4v) is 3.74. The van der Waals surface area contributed by atoms with Gasteiger partial charge in [0.25, 0.3) is 11.8 Å². The van der Waals surface area contributed by atoms with Gasteiger partial charge in [0.05, 0.1) is 10.6 Å². The van der Waals surface area contributed by atoms with Crippen LogP contribution in [0.25, 0.3) is 6.08 Å². The van der Waals surface area contributed by atoms with Crippen molar-refractivity contribution in [1.29, 1.82) is 0 Å². The van der Waals surface area contributed by atoms with E-state index < -0.39 is 5.91 Å². The molecule has 0 saturated heterocycles. The summed E-state index contributed by atoms with van der Waals surface area (Å²) in [5, 5.41) is 6.43. The van der Waals surface area contributed by atoms with E-state index in [0.29, 0.717) is 5.02 Å². The molecule has 3 rings (SSSR count).